The molecular formula is C20H18Cl2N4O2. The molecule has 1 amide bonds. The largest absolute Gasteiger partial charge is 0.494 e. The number of carbonyl (C=O) groups excluding carboxylic acids is 1. The first kappa shape index (κ1) is 19.9. The quantitative estimate of drug-likeness (QED) is 0.441. The lowest BCUT2D eigenvalue weighted by molar-refractivity contribution is 0.0950. The van der Waals surface area contributed by atoms with Gasteiger partial charge in [0.25, 0.3) is 5.91 Å². The standard InChI is InChI=1S/C20H18Cl2N4O2/c1-3-28-15-7-4-13(5-8-15)12(2)23-26-20(27)19-11-18(24-25-19)16-9-6-14(21)10-17(16)22/h4-11H,3H2,1-2H3,(H,24,25)(H,26,27). The van der Waals surface area contributed by atoms with Gasteiger partial charge in [-0.05, 0) is 67.9 Å². The minimum atomic E-state index is -0.408. The summed E-state index contributed by atoms with van der Waals surface area (Å²) in [4.78, 5) is 12.3. The summed E-state index contributed by atoms with van der Waals surface area (Å²) in [5.41, 5.74) is 5.54. The Morgan fingerprint density at radius 3 is 2.61 bits per heavy atom. The van der Waals surface area contributed by atoms with Gasteiger partial charge in [-0.2, -0.15) is 10.2 Å². The summed E-state index contributed by atoms with van der Waals surface area (Å²) in [5.74, 6) is 0.378. The average molecular weight is 417 g/mol. The van der Waals surface area contributed by atoms with Crippen LogP contribution < -0.4 is 10.2 Å². The normalized spacial score (nSPS) is 11.4. The minimum Gasteiger partial charge on any atom is -0.494 e. The van der Waals surface area contributed by atoms with Crippen molar-refractivity contribution in [1.82, 2.24) is 15.6 Å². The van der Waals surface area contributed by atoms with E-state index in [1.807, 2.05) is 38.1 Å². The van der Waals surface area contributed by atoms with Crippen molar-refractivity contribution < 1.29 is 9.53 Å². The lowest BCUT2D eigenvalue weighted by Gasteiger charge is -2.05. The topological polar surface area (TPSA) is 79.4 Å². The van der Waals surface area contributed by atoms with Crippen LogP contribution in [0.15, 0.2) is 53.6 Å². The van der Waals surface area contributed by atoms with E-state index in [0.717, 1.165) is 11.3 Å². The summed E-state index contributed by atoms with van der Waals surface area (Å²) in [6.07, 6.45) is 0. The molecule has 3 rings (SSSR count). The molecule has 28 heavy (non-hydrogen) atoms. The van der Waals surface area contributed by atoms with Gasteiger partial charge >= 0.3 is 0 Å². The molecule has 2 N–H and O–H groups in total. The van der Waals surface area contributed by atoms with Crippen LogP contribution in [0.5, 0.6) is 5.75 Å². The number of nitrogens with zero attached hydrogens (tertiary/aromatic N) is 2. The van der Waals surface area contributed by atoms with Crippen molar-refractivity contribution in [3.8, 4) is 17.0 Å². The number of aromatic nitrogens is 2. The first-order valence-corrected chi connectivity index (χ1v) is 9.32. The third kappa shape index (κ3) is 4.71. The van der Waals surface area contributed by atoms with Crippen LogP contribution in [0.2, 0.25) is 10.0 Å². The maximum Gasteiger partial charge on any atom is 0.289 e. The number of halogens is 2. The van der Waals surface area contributed by atoms with Crippen LogP contribution in [0.1, 0.15) is 29.9 Å². The highest BCUT2D eigenvalue weighted by Gasteiger charge is 2.13. The van der Waals surface area contributed by atoms with Gasteiger partial charge in [0.1, 0.15) is 11.4 Å². The van der Waals surface area contributed by atoms with E-state index < -0.39 is 5.91 Å². The van der Waals surface area contributed by atoms with E-state index in [-0.39, 0.29) is 5.69 Å². The van der Waals surface area contributed by atoms with Crippen molar-refractivity contribution in [1.29, 1.82) is 0 Å². The highest BCUT2D eigenvalue weighted by atomic mass is 35.5. The van der Waals surface area contributed by atoms with Crippen LogP contribution in [0.3, 0.4) is 0 Å². The van der Waals surface area contributed by atoms with Crippen LogP contribution in [0, 0.1) is 0 Å². The molecule has 3 aromatic rings. The summed E-state index contributed by atoms with van der Waals surface area (Å²) in [6.45, 7) is 4.34. The molecule has 0 spiro atoms. The van der Waals surface area contributed by atoms with Crippen molar-refractivity contribution in [2.45, 2.75) is 13.8 Å². The molecule has 0 aliphatic rings. The number of benzene rings is 2. The number of ether oxygens (including phenoxy) is 1. The first-order valence-electron chi connectivity index (χ1n) is 8.56. The van der Waals surface area contributed by atoms with E-state index in [9.17, 15) is 4.79 Å². The Morgan fingerprint density at radius 1 is 1.18 bits per heavy atom. The molecule has 0 aliphatic heterocycles. The Kier molecular flexibility index (Phi) is 6.34. The second-order valence-corrected chi connectivity index (χ2v) is 6.73. The third-order valence-corrected chi connectivity index (χ3v) is 4.49. The molecule has 144 valence electrons. The number of amides is 1. The van der Waals surface area contributed by atoms with E-state index in [1.165, 1.54) is 0 Å². The number of nitrogens with one attached hydrogen (secondary N) is 2. The molecule has 6 nitrogen and oxygen atoms in total. The minimum absolute atomic E-state index is 0.268. The van der Waals surface area contributed by atoms with Gasteiger partial charge in [-0.1, -0.05) is 23.2 Å². The number of hydrogen-bond donors (Lipinski definition) is 2. The van der Waals surface area contributed by atoms with Crippen molar-refractivity contribution in [2.24, 2.45) is 5.10 Å². The van der Waals surface area contributed by atoms with Crippen molar-refractivity contribution in [3.05, 3.63) is 69.8 Å². The molecule has 0 unspecified atom stereocenters. The second-order valence-electron chi connectivity index (χ2n) is 5.89. The average Bonchev–Trinajstić information content (AvgIpc) is 3.16. The van der Waals surface area contributed by atoms with Crippen LogP contribution in [0.4, 0.5) is 0 Å². The summed E-state index contributed by atoms with van der Waals surface area (Å²) in [6, 6.07) is 14.2. The molecule has 8 heteroatoms. The van der Waals surface area contributed by atoms with Crippen LogP contribution in [-0.4, -0.2) is 28.4 Å². The Bertz CT molecular complexity index is 1010. The molecule has 0 atom stereocenters. The third-order valence-electron chi connectivity index (χ3n) is 3.94. The first-order chi connectivity index (χ1) is 13.5. The molecule has 1 aromatic heterocycles. The van der Waals surface area contributed by atoms with Gasteiger partial charge in [-0.25, -0.2) is 5.43 Å². The molecule has 1 heterocycles. The van der Waals surface area contributed by atoms with E-state index in [4.69, 9.17) is 27.9 Å². The van der Waals surface area contributed by atoms with E-state index in [1.54, 1.807) is 24.3 Å². The molecule has 0 saturated carbocycles. The number of hydrazone groups is 1. The number of carbonyl (C=O) groups is 1. The lowest BCUT2D eigenvalue weighted by Crippen LogP contribution is -2.19. The van der Waals surface area contributed by atoms with E-state index >= 15 is 0 Å². The Hall–Kier alpha value is -2.83. The van der Waals surface area contributed by atoms with E-state index in [0.29, 0.717) is 33.6 Å². The van der Waals surface area contributed by atoms with Gasteiger partial charge in [0, 0.05) is 10.6 Å². The second kappa shape index (κ2) is 8.91. The SMILES string of the molecule is CCOc1ccc(C(C)=NNC(=O)c2cc(-c3ccc(Cl)cc3Cl)n[nH]2)cc1. The fourth-order valence-electron chi connectivity index (χ4n) is 2.49. The summed E-state index contributed by atoms with van der Waals surface area (Å²) in [7, 11) is 0. The molecule has 2 aromatic carbocycles. The maximum atomic E-state index is 12.3. The van der Waals surface area contributed by atoms with Crippen molar-refractivity contribution in [3.63, 3.8) is 0 Å². The van der Waals surface area contributed by atoms with Crippen molar-refractivity contribution >= 4 is 34.8 Å². The van der Waals surface area contributed by atoms with Gasteiger partial charge < -0.3 is 4.74 Å². The fourth-order valence-corrected chi connectivity index (χ4v) is 3.00. The highest BCUT2D eigenvalue weighted by Crippen LogP contribution is 2.29. The smallest absolute Gasteiger partial charge is 0.289 e. The van der Waals surface area contributed by atoms with Crippen molar-refractivity contribution in [2.75, 3.05) is 6.61 Å². The number of aromatic amines is 1. The van der Waals surface area contributed by atoms with Gasteiger partial charge in [0.15, 0.2) is 0 Å². The summed E-state index contributed by atoms with van der Waals surface area (Å²) in [5, 5.41) is 12.0. The molecule has 0 bridgehead atoms. The predicted octanol–water partition coefficient (Wildman–Crippen LogP) is 4.94. The Balaban J connectivity index is 1.69. The zero-order valence-electron chi connectivity index (χ0n) is 15.3. The van der Waals surface area contributed by atoms with Gasteiger partial charge in [-0.3, -0.25) is 9.89 Å². The summed E-state index contributed by atoms with van der Waals surface area (Å²) < 4.78 is 5.41. The molecule has 0 fully saturated rings. The zero-order valence-corrected chi connectivity index (χ0v) is 16.8. The Labute approximate surface area is 172 Å². The number of rotatable bonds is 6. The van der Waals surface area contributed by atoms with E-state index in [2.05, 4.69) is 20.7 Å². The molecule has 0 radical (unpaired) electrons. The van der Waals surface area contributed by atoms with Crippen LogP contribution in [0.25, 0.3) is 11.3 Å². The predicted molar refractivity (Wildman–Crippen MR) is 111 cm³/mol. The van der Waals surface area contributed by atoms with Gasteiger partial charge in [0.05, 0.1) is 23.0 Å². The number of hydrogen-bond acceptors (Lipinski definition) is 4. The number of H-pyrrole nitrogens is 1. The van der Waals surface area contributed by atoms with Gasteiger partial charge in [0.2, 0.25) is 0 Å². The van der Waals surface area contributed by atoms with Crippen LogP contribution >= 0.6 is 23.2 Å². The molecule has 0 aliphatic carbocycles. The summed E-state index contributed by atoms with van der Waals surface area (Å²) >= 11 is 12.1. The molecule has 0 saturated heterocycles. The maximum absolute atomic E-state index is 12.3. The fraction of sp³-hybridized carbons (Fsp3) is 0.150. The zero-order chi connectivity index (χ0) is 20.1. The highest BCUT2D eigenvalue weighted by molar-refractivity contribution is 6.36. The lowest BCUT2D eigenvalue weighted by atomic mass is 10.1. The van der Waals surface area contributed by atoms with Crippen LogP contribution in [-0.2, 0) is 0 Å². The molecular weight excluding hydrogens is 399 g/mol. The Morgan fingerprint density at radius 2 is 1.93 bits per heavy atom. The monoisotopic (exact) mass is 416 g/mol. The van der Waals surface area contributed by atoms with Gasteiger partial charge in [-0.15, -0.1) is 0 Å².